The first-order valence-electron chi connectivity index (χ1n) is 4.19. The van der Waals surface area contributed by atoms with E-state index >= 15 is 0 Å². The molecule has 0 aliphatic rings. The molecule has 3 heteroatoms. The molecule has 1 amide bonds. The van der Waals surface area contributed by atoms with Gasteiger partial charge >= 0.3 is 0 Å². The van der Waals surface area contributed by atoms with Crippen molar-refractivity contribution in [2.24, 2.45) is 5.73 Å². The van der Waals surface area contributed by atoms with E-state index in [0.717, 1.165) is 11.3 Å². The van der Waals surface area contributed by atoms with Crippen molar-refractivity contribution in [1.29, 1.82) is 0 Å². The molecule has 0 aliphatic carbocycles. The van der Waals surface area contributed by atoms with Crippen molar-refractivity contribution in [3.63, 3.8) is 0 Å². The number of carbonyl (C=O) groups excluding carboxylic acids is 1. The molecule has 0 bridgehead atoms. The lowest BCUT2D eigenvalue weighted by atomic mass is 10.1. The van der Waals surface area contributed by atoms with Gasteiger partial charge in [0.05, 0.1) is 6.54 Å². The second-order valence-corrected chi connectivity index (χ2v) is 3.07. The fourth-order valence-corrected chi connectivity index (χ4v) is 1.12. The van der Waals surface area contributed by atoms with Crippen LogP contribution in [0.25, 0.3) is 0 Å². The monoisotopic (exact) mass is 178 g/mol. The largest absolute Gasteiger partial charge is 0.376 e. The first-order valence-corrected chi connectivity index (χ1v) is 4.19. The summed E-state index contributed by atoms with van der Waals surface area (Å²) in [6.07, 6.45) is 0. The van der Waals surface area contributed by atoms with Crippen molar-refractivity contribution >= 4 is 11.6 Å². The molecule has 3 N–H and O–H groups in total. The van der Waals surface area contributed by atoms with Crippen molar-refractivity contribution in [2.45, 2.75) is 13.8 Å². The number of carbonyl (C=O) groups is 1. The van der Waals surface area contributed by atoms with Gasteiger partial charge in [-0.25, -0.2) is 0 Å². The lowest BCUT2D eigenvalue weighted by molar-refractivity contribution is -0.116. The molecule has 1 aromatic carbocycles. The van der Waals surface area contributed by atoms with Crippen LogP contribution in [0.3, 0.4) is 0 Å². The molecular weight excluding hydrogens is 164 g/mol. The van der Waals surface area contributed by atoms with E-state index in [2.05, 4.69) is 5.32 Å². The van der Waals surface area contributed by atoms with Gasteiger partial charge in [-0.3, -0.25) is 4.79 Å². The Hall–Kier alpha value is -1.51. The zero-order valence-electron chi connectivity index (χ0n) is 7.92. The van der Waals surface area contributed by atoms with Crippen molar-refractivity contribution in [3.05, 3.63) is 29.3 Å². The van der Waals surface area contributed by atoms with E-state index in [1.54, 1.807) is 0 Å². The number of rotatable bonds is 3. The number of hydrogen-bond donors (Lipinski definition) is 2. The molecule has 0 fully saturated rings. The van der Waals surface area contributed by atoms with E-state index in [1.807, 2.05) is 32.0 Å². The maximum absolute atomic E-state index is 10.5. The van der Waals surface area contributed by atoms with Crippen molar-refractivity contribution in [1.82, 2.24) is 0 Å². The van der Waals surface area contributed by atoms with Gasteiger partial charge in [0.25, 0.3) is 0 Å². The number of amides is 1. The molecular formula is C10H14N2O. The summed E-state index contributed by atoms with van der Waals surface area (Å²) < 4.78 is 0. The zero-order valence-corrected chi connectivity index (χ0v) is 7.92. The Morgan fingerprint density at radius 1 is 1.46 bits per heavy atom. The molecule has 13 heavy (non-hydrogen) atoms. The van der Waals surface area contributed by atoms with Gasteiger partial charge in [0.2, 0.25) is 5.91 Å². The Morgan fingerprint density at radius 3 is 2.77 bits per heavy atom. The van der Waals surface area contributed by atoms with E-state index < -0.39 is 0 Å². The quantitative estimate of drug-likeness (QED) is 0.730. The van der Waals surface area contributed by atoms with Crippen LogP contribution in [0.4, 0.5) is 5.69 Å². The summed E-state index contributed by atoms with van der Waals surface area (Å²) in [5.74, 6) is -0.346. The number of nitrogens with one attached hydrogen (secondary N) is 1. The average Bonchev–Trinajstić information content (AvgIpc) is 2.07. The summed E-state index contributed by atoms with van der Waals surface area (Å²) in [5.41, 5.74) is 8.36. The van der Waals surface area contributed by atoms with Gasteiger partial charge in [-0.15, -0.1) is 0 Å². The Labute approximate surface area is 77.9 Å². The minimum atomic E-state index is -0.346. The first-order chi connectivity index (χ1) is 6.11. The van der Waals surface area contributed by atoms with Gasteiger partial charge in [-0.05, 0) is 31.0 Å². The Morgan fingerprint density at radius 2 is 2.15 bits per heavy atom. The molecule has 0 unspecified atom stereocenters. The predicted octanol–water partition coefficient (Wildman–Crippen LogP) is 1.20. The molecule has 0 radical (unpaired) electrons. The standard InChI is InChI=1S/C10H14N2O/c1-7-4-3-5-9(8(7)2)12-6-10(11)13/h3-5,12H,6H2,1-2H3,(H2,11,13). The minimum Gasteiger partial charge on any atom is -0.376 e. The van der Waals surface area contributed by atoms with Gasteiger partial charge < -0.3 is 11.1 Å². The normalized spacial score (nSPS) is 9.69. The Balaban J connectivity index is 2.77. The fraction of sp³-hybridized carbons (Fsp3) is 0.300. The third-order valence-corrected chi connectivity index (χ3v) is 2.06. The van der Waals surface area contributed by atoms with Gasteiger partial charge in [-0.2, -0.15) is 0 Å². The maximum Gasteiger partial charge on any atom is 0.236 e. The van der Waals surface area contributed by atoms with Gasteiger partial charge in [0.15, 0.2) is 0 Å². The van der Waals surface area contributed by atoms with Crippen molar-refractivity contribution < 1.29 is 4.79 Å². The molecule has 0 spiro atoms. The molecule has 3 nitrogen and oxygen atoms in total. The van der Waals surface area contributed by atoms with Crippen molar-refractivity contribution in [2.75, 3.05) is 11.9 Å². The molecule has 0 heterocycles. The predicted molar refractivity (Wildman–Crippen MR) is 53.6 cm³/mol. The summed E-state index contributed by atoms with van der Waals surface area (Å²) in [7, 11) is 0. The Bertz CT molecular complexity index is 321. The molecule has 0 atom stereocenters. The van der Waals surface area contributed by atoms with E-state index in [0.29, 0.717) is 0 Å². The topological polar surface area (TPSA) is 55.1 Å². The average molecular weight is 178 g/mol. The number of primary amides is 1. The summed E-state index contributed by atoms with van der Waals surface area (Å²) in [4.78, 5) is 10.5. The van der Waals surface area contributed by atoms with Crippen LogP contribution in [0.15, 0.2) is 18.2 Å². The summed E-state index contributed by atoms with van der Waals surface area (Å²) >= 11 is 0. The van der Waals surface area contributed by atoms with Gasteiger partial charge in [-0.1, -0.05) is 12.1 Å². The minimum absolute atomic E-state index is 0.185. The SMILES string of the molecule is Cc1cccc(NCC(N)=O)c1C. The van der Waals surface area contributed by atoms with E-state index in [1.165, 1.54) is 5.56 Å². The van der Waals surface area contributed by atoms with Crippen LogP contribution in [-0.4, -0.2) is 12.5 Å². The van der Waals surface area contributed by atoms with Crippen LogP contribution in [0.5, 0.6) is 0 Å². The molecule has 0 aromatic heterocycles. The molecule has 1 rings (SSSR count). The van der Waals surface area contributed by atoms with E-state index in [-0.39, 0.29) is 12.5 Å². The highest BCUT2D eigenvalue weighted by Gasteiger charge is 2.00. The van der Waals surface area contributed by atoms with Crippen LogP contribution in [0.2, 0.25) is 0 Å². The molecule has 0 saturated carbocycles. The molecule has 0 aliphatic heterocycles. The van der Waals surface area contributed by atoms with Crippen LogP contribution in [-0.2, 0) is 4.79 Å². The summed E-state index contributed by atoms with van der Waals surface area (Å²) in [6, 6.07) is 5.92. The number of nitrogens with two attached hydrogens (primary N) is 1. The summed E-state index contributed by atoms with van der Waals surface area (Å²) in [5, 5.41) is 2.98. The highest BCUT2D eigenvalue weighted by atomic mass is 16.1. The third-order valence-electron chi connectivity index (χ3n) is 2.06. The highest BCUT2D eigenvalue weighted by Crippen LogP contribution is 2.17. The summed E-state index contributed by atoms with van der Waals surface area (Å²) in [6.45, 7) is 4.23. The smallest absolute Gasteiger partial charge is 0.236 e. The lowest BCUT2D eigenvalue weighted by Crippen LogP contribution is -2.22. The second-order valence-electron chi connectivity index (χ2n) is 3.07. The van der Waals surface area contributed by atoms with Crippen molar-refractivity contribution in [3.8, 4) is 0 Å². The van der Waals surface area contributed by atoms with Crippen LogP contribution in [0, 0.1) is 13.8 Å². The highest BCUT2D eigenvalue weighted by molar-refractivity contribution is 5.79. The van der Waals surface area contributed by atoms with Crippen LogP contribution >= 0.6 is 0 Å². The maximum atomic E-state index is 10.5. The lowest BCUT2D eigenvalue weighted by Gasteiger charge is -2.09. The van der Waals surface area contributed by atoms with Crippen LogP contribution < -0.4 is 11.1 Å². The second kappa shape index (κ2) is 3.94. The molecule has 0 saturated heterocycles. The third kappa shape index (κ3) is 2.47. The zero-order chi connectivity index (χ0) is 9.84. The fourth-order valence-electron chi connectivity index (χ4n) is 1.12. The molecule has 1 aromatic rings. The van der Waals surface area contributed by atoms with Crippen LogP contribution in [0.1, 0.15) is 11.1 Å². The van der Waals surface area contributed by atoms with Gasteiger partial charge in [0, 0.05) is 5.69 Å². The first kappa shape index (κ1) is 9.58. The number of hydrogen-bond acceptors (Lipinski definition) is 2. The number of benzene rings is 1. The molecule has 70 valence electrons. The number of anilines is 1. The number of aryl methyl sites for hydroxylation is 1. The van der Waals surface area contributed by atoms with E-state index in [9.17, 15) is 4.79 Å². The Kier molecular flexibility index (Phi) is 2.90. The van der Waals surface area contributed by atoms with Gasteiger partial charge in [0.1, 0.15) is 0 Å². The van der Waals surface area contributed by atoms with E-state index in [4.69, 9.17) is 5.73 Å².